The Morgan fingerprint density at radius 3 is 2.52 bits per heavy atom. The van der Waals surface area contributed by atoms with Gasteiger partial charge in [-0.25, -0.2) is 8.78 Å². The third kappa shape index (κ3) is 3.99. The summed E-state index contributed by atoms with van der Waals surface area (Å²) in [5.74, 6) is -0.558. The standard InChI is InChI=1S/C18H21F2NO2/c1-3-23-18-13(5-4-6-17(18)22-2)9-14(11-21)12-7-8-15(19)16(20)10-12/h4-8,10,14H,3,9,11,21H2,1-2H3. The fraction of sp³-hybridized carbons (Fsp3) is 0.333. The van der Waals surface area contributed by atoms with E-state index < -0.39 is 11.6 Å². The SMILES string of the molecule is CCOc1c(CC(CN)c2ccc(F)c(F)c2)cccc1OC. The maximum absolute atomic E-state index is 13.5. The molecule has 1 unspecified atom stereocenters. The second-order valence-electron chi connectivity index (χ2n) is 5.19. The summed E-state index contributed by atoms with van der Waals surface area (Å²) in [5, 5.41) is 0. The van der Waals surface area contributed by atoms with Gasteiger partial charge in [-0.1, -0.05) is 18.2 Å². The van der Waals surface area contributed by atoms with Crippen LogP contribution in [-0.4, -0.2) is 20.3 Å². The average Bonchev–Trinajstić information content (AvgIpc) is 2.56. The fourth-order valence-electron chi connectivity index (χ4n) is 2.56. The second kappa shape index (κ2) is 7.92. The van der Waals surface area contributed by atoms with Crippen LogP contribution < -0.4 is 15.2 Å². The summed E-state index contributed by atoms with van der Waals surface area (Å²) in [6, 6.07) is 9.52. The van der Waals surface area contributed by atoms with Crippen LogP contribution in [0, 0.1) is 11.6 Å². The Bertz CT molecular complexity index is 661. The molecule has 0 spiro atoms. The van der Waals surface area contributed by atoms with Gasteiger partial charge in [-0.2, -0.15) is 0 Å². The third-order valence-electron chi connectivity index (χ3n) is 3.73. The predicted octanol–water partition coefficient (Wildman–Crippen LogP) is 3.66. The smallest absolute Gasteiger partial charge is 0.164 e. The van der Waals surface area contributed by atoms with E-state index in [2.05, 4.69) is 0 Å². The molecule has 2 aromatic carbocycles. The van der Waals surface area contributed by atoms with Gasteiger partial charge in [0.15, 0.2) is 23.1 Å². The maximum atomic E-state index is 13.5. The summed E-state index contributed by atoms with van der Waals surface area (Å²) < 4.78 is 37.6. The third-order valence-corrected chi connectivity index (χ3v) is 3.73. The number of rotatable bonds is 7. The molecule has 0 saturated heterocycles. The van der Waals surface area contributed by atoms with Gasteiger partial charge in [0.25, 0.3) is 0 Å². The molecule has 3 nitrogen and oxygen atoms in total. The number of hydrogen-bond acceptors (Lipinski definition) is 3. The Hall–Kier alpha value is -2.14. The molecule has 0 saturated carbocycles. The number of benzene rings is 2. The second-order valence-corrected chi connectivity index (χ2v) is 5.19. The van der Waals surface area contributed by atoms with Gasteiger partial charge in [0.1, 0.15) is 0 Å². The van der Waals surface area contributed by atoms with E-state index in [1.165, 1.54) is 6.07 Å². The van der Waals surface area contributed by atoms with E-state index in [9.17, 15) is 8.78 Å². The van der Waals surface area contributed by atoms with Gasteiger partial charge in [-0.3, -0.25) is 0 Å². The largest absolute Gasteiger partial charge is 0.493 e. The molecule has 1 atom stereocenters. The van der Waals surface area contributed by atoms with E-state index >= 15 is 0 Å². The molecule has 0 bridgehead atoms. The van der Waals surface area contributed by atoms with Crippen LogP contribution in [0.1, 0.15) is 24.0 Å². The highest BCUT2D eigenvalue weighted by Crippen LogP contribution is 2.34. The maximum Gasteiger partial charge on any atom is 0.164 e. The molecule has 0 aliphatic heterocycles. The molecule has 0 aliphatic carbocycles. The lowest BCUT2D eigenvalue weighted by molar-refractivity contribution is 0.307. The van der Waals surface area contributed by atoms with Crippen LogP contribution >= 0.6 is 0 Å². The van der Waals surface area contributed by atoms with E-state index in [1.807, 2.05) is 25.1 Å². The minimum atomic E-state index is -0.864. The van der Waals surface area contributed by atoms with Crippen LogP contribution in [0.15, 0.2) is 36.4 Å². The molecule has 0 heterocycles. The van der Waals surface area contributed by atoms with Gasteiger partial charge in [0.2, 0.25) is 0 Å². The lowest BCUT2D eigenvalue weighted by Crippen LogP contribution is -2.16. The molecule has 0 aliphatic rings. The van der Waals surface area contributed by atoms with Crippen molar-refractivity contribution in [2.45, 2.75) is 19.3 Å². The Balaban J connectivity index is 2.33. The van der Waals surface area contributed by atoms with Crippen LogP contribution in [0.5, 0.6) is 11.5 Å². The summed E-state index contributed by atoms with van der Waals surface area (Å²) in [5.41, 5.74) is 7.43. The van der Waals surface area contributed by atoms with Crippen molar-refractivity contribution < 1.29 is 18.3 Å². The van der Waals surface area contributed by atoms with Crippen molar-refractivity contribution in [3.05, 3.63) is 59.2 Å². The molecule has 0 radical (unpaired) electrons. The molecule has 5 heteroatoms. The van der Waals surface area contributed by atoms with E-state index in [1.54, 1.807) is 13.2 Å². The number of hydrogen-bond donors (Lipinski definition) is 1. The Kier molecular flexibility index (Phi) is 5.93. The normalized spacial score (nSPS) is 12.0. The molecular formula is C18H21F2NO2. The van der Waals surface area contributed by atoms with Gasteiger partial charge in [-0.15, -0.1) is 0 Å². The summed E-state index contributed by atoms with van der Waals surface area (Å²) in [4.78, 5) is 0. The number of halogens is 2. The van der Waals surface area contributed by atoms with Crippen molar-refractivity contribution in [1.29, 1.82) is 0 Å². The minimum absolute atomic E-state index is 0.142. The topological polar surface area (TPSA) is 44.5 Å². The fourth-order valence-corrected chi connectivity index (χ4v) is 2.56. The summed E-state index contributed by atoms with van der Waals surface area (Å²) in [7, 11) is 1.58. The number of para-hydroxylation sites is 1. The predicted molar refractivity (Wildman–Crippen MR) is 86.0 cm³/mol. The van der Waals surface area contributed by atoms with Crippen molar-refractivity contribution in [3.63, 3.8) is 0 Å². The molecular weight excluding hydrogens is 300 g/mol. The number of methoxy groups -OCH3 is 1. The highest BCUT2D eigenvalue weighted by atomic mass is 19.2. The van der Waals surface area contributed by atoms with E-state index in [0.717, 1.165) is 11.6 Å². The number of ether oxygens (including phenoxy) is 2. The first-order valence-electron chi connectivity index (χ1n) is 7.54. The molecule has 2 N–H and O–H groups in total. The van der Waals surface area contributed by atoms with Gasteiger partial charge in [0.05, 0.1) is 13.7 Å². The van der Waals surface area contributed by atoms with Crippen LogP contribution in [0.4, 0.5) is 8.78 Å². The molecule has 0 amide bonds. The summed E-state index contributed by atoms with van der Waals surface area (Å²) in [6.45, 7) is 2.71. The van der Waals surface area contributed by atoms with Crippen molar-refractivity contribution in [1.82, 2.24) is 0 Å². The van der Waals surface area contributed by atoms with Gasteiger partial charge >= 0.3 is 0 Å². The summed E-state index contributed by atoms with van der Waals surface area (Å²) >= 11 is 0. The molecule has 124 valence electrons. The molecule has 2 aromatic rings. The first-order chi connectivity index (χ1) is 11.1. The zero-order chi connectivity index (χ0) is 16.8. The minimum Gasteiger partial charge on any atom is -0.493 e. The van der Waals surface area contributed by atoms with Crippen LogP contribution in [0.3, 0.4) is 0 Å². The van der Waals surface area contributed by atoms with Crippen molar-refractivity contribution >= 4 is 0 Å². The average molecular weight is 321 g/mol. The Labute approximate surface area is 135 Å². The molecule has 0 fully saturated rings. The number of nitrogens with two attached hydrogens (primary N) is 1. The van der Waals surface area contributed by atoms with Gasteiger partial charge < -0.3 is 15.2 Å². The van der Waals surface area contributed by atoms with Gasteiger partial charge in [-0.05, 0) is 49.2 Å². The first kappa shape index (κ1) is 17.2. The van der Waals surface area contributed by atoms with Crippen LogP contribution in [0.25, 0.3) is 0 Å². The quantitative estimate of drug-likeness (QED) is 0.846. The van der Waals surface area contributed by atoms with Crippen LogP contribution in [0.2, 0.25) is 0 Å². The first-order valence-corrected chi connectivity index (χ1v) is 7.54. The van der Waals surface area contributed by atoms with Crippen molar-refractivity contribution in [3.8, 4) is 11.5 Å². The Morgan fingerprint density at radius 1 is 1.13 bits per heavy atom. The molecule has 23 heavy (non-hydrogen) atoms. The van der Waals surface area contributed by atoms with Crippen LogP contribution in [-0.2, 0) is 6.42 Å². The van der Waals surface area contributed by atoms with Crippen molar-refractivity contribution in [2.75, 3.05) is 20.3 Å². The zero-order valence-corrected chi connectivity index (χ0v) is 13.3. The van der Waals surface area contributed by atoms with Gasteiger partial charge in [0, 0.05) is 5.92 Å². The van der Waals surface area contributed by atoms with Crippen molar-refractivity contribution in [2.24, 2.45) is 5.73 Å². The highest BCUT2D eigenvalue weighted by molar-refractivity contribution is 5.47. The van der Waals surface area contributed by atoms with E-state index in [0.29, 0.717) is 36.6 Å². The molecule has 2 rings (SSSR count). The monoisotopic (exact) mass is 321 g/mol. The highest BCUT2D eigenvalue weighted by Gasteiger charge is 2.17. The summed E-state index contributed by atoms with van der Waals surface area (Å²) in [6.07, 6.45) is 0.550. The Morgan fingerprint density at radius 2 is 1.91 bits per heavy atom. The van der Waals surface area contributed by atoms with E-state index in [4.69, 9.17) is 15.2 Å². The van der Waals surface area contributed by atoms with E-state index in [-0.39, 0.29) is 5.92 Å². The lowest BCUT2D eigenvalue weighted by Gasteiger charge is -2.19. The lowest BCUT2D eigenvalue weighted by atomic mass is 9.91. The molecule has 0 aromatic heterocycles. The zero-order valence-electron chi connectivity index (χ0n) is 13.3.